The molecule has 1 N–H and O–H groups in total. The van der Waals surface area contributed by atoms with Crippen LogP contribution in [0.3, 0.4) is 0 Å². The Labute approximate surface area is 263 Å². The zero-order valence-corrected chi connectivity index (χ0v) is 25.4. The van der Waals surface area contributed by atoms with Crippen molar-refractivity contribution in [3.8, 4) is 5.75 Å². The SMILES string of the molecule is CC(C)Oc1ccccc1/C=C1\C(=O)NC(=O)N(c2cc3c4c(c2)[C@H](c2ccccc2)CCN4CC[C@H]3c2ccccc2)C1=O. The van der Waals surface area contributed by atoms with Crippen molar-refractivity contribution in [2.24, 2.45) is 0 Å². The van der Waals surface area contributed by atoms with Crippen molar-refractivity contribution < 1.29 is 19.1 Å². The molecule has 7 nitrogen and oxygen atoms in total. The highest BCUT2D eigenvalue weighted by Gasteiger charge is 2.40. The predicted octanol–water partition coefficient (Wildman–Crippen LogP) is 7.02. The van der Waals surface area contributed by atoms with E-state index < -0.39 is 17.8 Å². The first kappa shape index (κ1) is 28.6. The van der Waals surface area contributed by atoms with Crippen LogP contribution in [0.5, 0.6) is 5.75 Å². The molecule has 0 aliphatic carbocycles. The zero-order chi connectivity index (χ0) is 31.1. The highest BCUT2D eigenvalue weighted by atomic mass is 16.5. The molecule has 1 saturated heterocycles. The van der Waals surface area contributed by atoms with E-state index in [1.807, 2.05) is 50.2 Å². The monoisotopic (exact) mass is 597 g/mol. The molecule has 7 rings (SSSR count). The number of ether oxygens (including phenoxy) is 1. The van der Waals surface area contributed by atoms with E-state index in [1.54, 1.807) is 12.1 Å². The summed E-state index contributed by atoms with van der Waals surface area (Å²) in [6.45, 7) is 5.70. The van der Waals surface area contributed by atoms with Crippen molar-refractivity contribution in [3.05, 3.63) is 130 Å². The average molecular weight is 598 g/mol. The fourth-order valence-electron chi connectivity index (χ4n) is 6.98. The van der Waals surface area contributed by atoms with Crippen LogP contribution < -0.4 is 19.9 Å². The lowest BCUT2D eigenvalue weighted by molar-refractivity contribution is -0.122. The van der Waals surface area contributed by atoms with E-state index in [9.17, 15) is 14.4 Å². The summed E-state index contributed by atoms with van der Waals surface area (Å²) >= 11 is 0. The average Bonchev–Trinajstić information content (AvgIpc) is 3.04. The summed E-state index contributed by atoms with van der Waals surface area (Å²) < 4.78 is 5.93. The fraction of sp³-hybridized carbons (Fsp3) is 0.237. The highest BCUT2D eigenvalue weighted by molar-refractivity contribution is 6.39. The number of anilines is 2. The van der Waals surface area contributed by atoms with E-state index in [1.165, 1.54) is 22.9 Å². The number of carbonyl (C=O) groups excluding carboxylic acids is 3. The van der Waals surface area contributed by atoms with Crippen LogP contribution >= 0.6 is 0 Å². The first-order chi connectivity index (χ1) is 21.9. The van der Waals surface area contributed by atoms with Crippen LogP contribution in [0.4, 0.5) is 16.2 Å². The Kier molecular flexibility index (Phi) is 7.45. The van der Waals surface area contributed by atoms with Gasteiger partial charge in [-0.3, -0.25) is 14.9 Å². The Morgan fingerprint density at radius 1 is 0.778 bits per heavy atom. The van der Waals surface area contributed by atoms with Gasteiger partial charge < -0.3 is 9.64 Å². The van der Waals surface area contributed by atoms with Gasteiger partial charge in [0.15, 0.2) is 0 Å². The van der Waals surface area contributed by atoms with Gasteiger partial charge in [0, 0.05) is 36.2 Å². The van der Waals surface area contributed by atoms with E-state index in [0.29, 0.717) is 17.0 Å². The molecule has 0 bridgehead atoms. The van der Waals surface area contributed by atoms with Gasteiger partial charge in [-0.05, 0) is 73.2 Å². The molecule has 3 heterocycles. The lowest BCUT2D eigenvalue weighted by Crippen LogP contribution is -2.54. The molecule has 0 spiro atoms. The summed E-state index contributed by atoms with van der Waals surface area (Å²) in [6, 6.07) is 31.3. The molecule has 3 aliphatic heterocycles. The molecule has 4 amide bonds. The normalized spacial score (nSPS) is 20.3. The van der Waals surface area contributed by atoms with E-state index in [2.05, 4.69) is 58.7 Å². The van der Waals surface area contributed by atoms with Crippen molar-refractivity contribution in [1.82, 2.24) is 5.32 Å². The highest BCUT2D eigenvalue weighted by Crippen LogP contribution is 2.50. The van der Waals surface area contributed by atoms with Crippen LogP contribution in [-0.2, 0) is 9.59 Å². The number of rotatable bonds is 6. The molecular weight excluding hydrogens is 562 g/mol. The van der Waals surface area contributed by atoms with Crippen LogP contribution in [0, 0.1) is 0 Å². The Bertz CT molecular complexity index is 1740. The van der Waals surface area contributed by atoms with Gasteiger partial charge in [-0.25, -0.2) is 9.69 Å². The van der Waals surface area contributed by atoms with Gasteiger partial charge in [0.05, 0.1) is 11.8 Å². The van der Waals surface area contributed by atoms with Crippen molar-refractivity contribution in [2.45, 2.75) is 44.6 Å². The number of amides is 4. The standard InChI is InChI=1S/C38H35N3O4/c1-24(2)45-34-16-10-9-15-27(34)21-33-36(42)39-38(44)41(37(33)43)28-22-31-29(25-11-5-3-6-12-25)17-19-40-20-18-30(32(23-28)35(31)40)26-13-7-4-8-14-26/h3-16,21-24,29-30H,17-20H2,1-2H3,(H,39,42,44)/b33-21+/t29-,30-/m0/s1. The summed E-state index contributed by atoms with van der Waals surface area (Å²) in [5.41, 5.74) is 6.71. The van der Waals surface area contributed by atoms with Crippen LogP contribution in [-0.4, -0.2) is 37.0 Å². The van der Waals surface area contributed by atoms with E-state index >= 15 is 0 Å². The summed E-state index contributed by atoms with van der Waals surface area (Å²) in [5, 5.41) is 2.42. The Morgan fingerprint density at radius 3 is 1.91 bits per heavy atom. The van der Waals surface area contributed by atoms with Gasteiger partial charge in [0.1, 0.15) is 11.3 Å². The zero-order valence-electron chi connectivity index (χ0n) is 25.4. The second-order valence-corrected chi connectivity index (χ2v) is 12.1. The number of carbonyl (C=O) groups is 3. The molecule has 4 aromatic carbocycles. The minimum absolute atomic E-state index is 0.0966. The maximum Gasteiger partial charge on any atom is 0.335 e. The molecular formula is C38H35N3O4. The van der Waals surface area contributed by atoms with Crippen molar-refractivity contribution in [3.63, 3.8) is 0 Å². The predicted molar refractivity (Wildman–Crippen MR) is 176 cm³/mol. The molecule has 0 unspecified atom stereocenters. The van der Waals surface area contributed by atoms with E-state index in [-0.39, 0.29) is 23.5 Å². The maximum absolute atomic E-state index is 14.2. The van der Waals surface area contributed by atoms with Crippen molar-refractivity contribution >= 4 is 35.3 Å². The molecule has 45 heavy (non-hydrogen) atoms. The van der Waals surface area contributed by atoms with Crippen LogP contribution in [0.25, 0.3) is 6.08 Å². The van der Waals surface area contributed by atoms with Crippen LogP contribution in [0.15, 0.2) is 103 Å². The molecule has 0 saturated carbocycles. The van der Waals surface area contributed by atoms with Gasteiger partial charge in [-0.2, -0.15) is 0 Å². The smallest absolute Gasteiger partial charge is 0.335 e. The van der Waals surface area contributed by atoms with Gasteiger partial charge in [0.25, 0.3) is 11.8 Å². The molecule has 0 aromatic heterocycles. The molecule has 3 aliphatic rings. The lowest BCUT2D eigenvalue weighted by Gasteiger charge is -2.44. The van der Waals surface area contributed by atoms with E-state index in [4.69, 9.17) is 4.74 Å². The molecule has 1 fully saturated rings. The number of urea groups is 1. The van der Waals surface area contributed by atoms with E-state index in [0.717, 1.165) is 42.0 Å². The summed E-state index contributed by atoms with van der Waals surface area (Å²) in [5.74, 6) is -0.629. The van der Waals surface area contributed by atoms with Gasteiger partial charge in [-0.15, -0.1) is 0 Å². The summed E-state index contributed by atoms with van der Waals surface area (Å²) in [7, 11) is 0. The van der Waals surface area contributed by atoms with Crippen LogP contribution in [0.2, 0.25) is 0 Å². The van der Waals surface area contributed by atoms with Gasteiger partial charge in [-0.1, -0.05) is 78.9 Å². The minimum Gasteiger partial charge on any atom is -0.490 e. The largest absolute Gasteiger partial charge is 0.490 e. The first-order valence-corrected chi connectivity index (χ1v) is 15.6. The second kappa shape index (κ2) is 11.7. The second-order valence-electron chi connectivity index (χ2n) is 12.1. The van der Waals surface area contributed by atoms with Crippen LogP contribution in [0.1, 0.15) is 66.3 Å². The molecule has 4 aromatic rings. The number of hydrogen-bond donors (Lipinski definition) is 1. The third-order valence-corrected chi connectivity index (χ3v) is 8.94. The van der Waals surface area contributed by atoms with Crippen molar-refractivity contribution in [2.75, 3.05) is 22.9 Å². The number of benzene rings is 4. The maximum atomic E-state index is 14.2. The molecule has 226 valence electrons. The molecule has 2 atom stereocenters. The number of hydrogen-bond acceptors (Lipinski definition) is 5. The fourth-order valence-corrected chi connectivity index (χ4v) is 6.98. The van der Waals surface area contributed by atoms with Gasteiger partial charge in [0.2, 0.25) is 0 Å². The molecule has 0 radical (unpaired) electrons. The Morgan fingerprint density at radius 2 is 1.33 bits per heavy atom. The quantitative estimate of drug-likeness (QED) is 0.191. The minimum atomic E-state index is -0.753. The number of barbiturate groups is 1. The number of nitrogens with zero attached hydrogens (tertiary/aromatic N) is 2. The Hall–Kier alpha value is -5.17. The Balaban J connectivity index is 1.38. The third kappa shape index (κ3) is 5.29. The topological polar surface area (TPSA) is 79.0 Å². The number of nitrogens with one attached hydrogen (secondary N) is 1. The van der Waals surface area contributed by atoms with Crippen molar-refractivity contribution in [1.29, 1.82) is 0 Å². The number of imide groups is 2. The summed E-state index contributed by atoms with van der Waals surface area (Å²) in [6.07, 6.45) is 3.26. The molecule has 7 heteroatoms. The lowest BCUT2D eigenvalue weighted by atomic mass is 9.76. The van der Waals surface area contributed by atoms with Gasteiger partial charge >= 0.3 is 6.03 Å². The number of para-hydroxylation sites is 1. The summed E-state index contributed by atoms with van der Waals surface area (Å²) in [4.78, 5) is 44.3. The third-order valence-electron chi connectivity index (χ3n) is 8.94. The first-order valence-electron chi connectivity index (χ1n) is 15.6.